The fourth-order valence-corrected chi connectivity index (χ4v) is 3.83. The summed E-state index contributed by atoms with van der Waals surface area (Å²) in [5, 5.41) is 0. The van der Waals surface area contributed by atoms with Crippen molar-refractivity contribution < 1.29 is 9.53 Å². The Morgan fingerprint density at radius 1 is 1.16 bits per heavy atom. The number of likely N-dealkylation sites (tertiary alicyclic amines) is 1. The predicted molar refractivity (Wildman–Crippen MR) is 77.2 cm³/mol. The molecule has 2 saturated heterocycles. The highest BCUT2D eigenvalue weighted by Gasteiger charge is 2.53. The molecular weight excluding hydrogens is 238 g/mol. The molecule has 2 heterocycles. The third-order valence-electron chi connectivity index (χ3n) is 4.89. The summed E-state index contributed by atoms with van der Waals surface area (Å²) in [6.07, 6.45) is 3.26. The molecule has 0 aromatic rings. The van der Waals surface area contributed by atoms with Gasteiger partial charge in [0.05, 0.1) is 22.7 Å². The standard InChI is InChI=1S/C16H29NO2/c1-14(2)11-12(16(5,6)19-14)13(18)15(3,4)17-9-7-8-10-17/h12H,7-11H2,1-6H3. The second kappa shape index (κ2) is 4.56. The van der Waals surface area contributed by atoms with Crippen molar-refractivity contribution in [3.05, 3.63) is 0 Å². The molecule has 0 radical (unpaired) electrons. The van der Waals surface area contributed by atoms with Crippen molar-refractivity contribution in [1.82, 2.24) is 4.90 Å². The molecule has 1 unspecified atom stereocenters. The molecule has 2 rings (SSSR count). The lowest BCUT2D eigenvalue weighted by Gasteiger charge is -2.38. The van der Waals surface area contributed by atoms with Crippen LogP contribution in [0.3, 0.4) is 0 Å². The number of nitrogens with zero attached hydrogens (tertiary/aromatic N) is 1. The number of hydrogen-bond donors (Lipinski definition) is 0. The average Bonchev–Trinajstić information content (AvgIpc) is 2.82. The number of ether oxygens (including phenoxy) is 1. The summed E-state index contributed by atoms with van der Waals surface area (Å²) in [6, 6.07) is 0. The van der Waals surface area contributed by atoms with E-state index in [9.17, 15) is 4.79 Å². The molecule has 1 atom stereocenters. The van der Waals surface area contributed by atoms with Crippen molar-refractivity contribution in [3.63, 3.8) is 0 Å². The highest BCUT2D eigenvalue weighted by Crippen LogP contribution is 2.44. The molecule has 2 aliphatic rings. The fourth-order valence-electron chi connectivity index (χ4n) is 3.83. The summed E-state index contributed by atoms with van der Waals surface area (Å²) >= 11 is 0. The van der Waals surface area contributed by atoms with Crippen molar-refractivity contribution in [3.8, 4) is 0 Å². The third-order valence-corrected chi connectivity index (χ3v) is 4.89. The molecular formula is C16H29NO2. The summed E-state index contributed by atoms with van der Waals surface area (Å²) in [7, 11) is 0. The summed E-state index contributed by atoms with van der Waals surface area (Å²) in [4.78, 5) is 15.4. The van der Waals surface area contributed by atoms with Crippen LogP contribution in [0.5, 0.6) is 0 Å². The van der Waals surface area contributed by atoms with Gasteiger partial charge in [-0.3, -0.25) is 9.69 Å². The Morgan fingerprint density at radius 3 is 2.11 bits per heavy atom. The van der Waals surface area contributed by atoms with Gasteiger partial charge in [0.1, 0.15) is 0 Å². The number of hydrogen-bond acceptors (Lipinski definition) is 3. The van der Waals surface area contributed by atoms with Gasteiger partial charge in [-0.1, -0.05) is 0 Å². The second-order valence-electron chi connectivity index (χ2n) is 7.84. The molecule has 2 fully saturated rings. The first kappa shape index (κ1) is 15.0. The third kappa shape index (κ3) is 2.73. The van der Waals surface area contributed by atoms with Gasteiger partial charge >= 0.3 is 0 Å². The zero-order valence-corrected chi connectivity index (χ0v) is 13.4. The summed E-state index contributed by atoms with van der Waals surface area (Å²) in [5.74, 6) is 0.350. The van der Waals surface area contributed by atoms with E-state index in [4.69, 9.17) is 4.74 Å². The molecule has 0 spiro atoms. The van der Waals surface area contributed by atoms with Crippen LogP contribution in [-0.4, -0.2) is 40.5 Å². The number of Topliss-reactive ketones (excluding diaryl/α,β-unsaturated/α-hetero) is 1. The molecule has 0 saturated carbocycles. The Hall–Kier alpha value is -0.410. The van der Waals surface area contributed by atoms with Crippen LogP contribution in [0.1, 0.15) is 60.8 Å². The lowest BCUT2D eigenvalue weighted by molar-refractivity contribution is -0.139. The summed E-state index contributed by atoms with van der Waals surface area (Å²) < 4.78 is 6.09. The lowest BCUT2D eigenvalue weighted by atomic mass is 9.77. The van der Waals surface area contributed by atoms with Crippen LogP contribution < -0.4 is 0 Å². The zero-order chi connectivity index (χ0) is 14.5. The lowest BCUT2D eigenvalue weighted by Crippen LogP contribution is -2.53. The Kier molecular flexibility index (Phi) is 3.60. The molecule has 110 valence electrons. The topological polar surface area (TPSA) is 29.5 Å². The van der Waals surface area contributed by atoms with Crippen LogP contribution >= 0.6 is 0 Å². The van der Waals surface area contributed by atoms with E-state index in [1.807, 2.05) is 0 Å². The van der Waals surface area contributed by atoms with E-state index >= 15 is 0 Å². The van der Waals surface area contributed by atoms with E-state index in [0.717, 1.165) is 19.5 Å². The maximum atomic E-state index is 13.0. The van der Waals surface area contributed by atoms with Crippen LogP contribution in [0.4, 0.5) is 0 Å². The minimum Gasteiger partial charge on any atom is -0.369 e. The van der Waals surface area contributed by atoms with E-state index in [1.54, 1.807) is 0 Å². The highest BCUT2D eigenvalue weighted by molar-refractivity contribution is 5.91. The van der Waals surface area contributed by atoms with Gasteiger partial charge in [0.15, 0.2) is 5.78 Å². The van der Waals surface area contributed by atoms with Gasteiger partial charge in [-0.2, -0.15) is 0 Å². The normalized spacial score (nSPS) is 30.7. The molecule has 0 N–H and O–H groups in total. The van der Waals surface area contributed by atoms with Gasteiger partial charge in [0.25, 0.3) is 0 Å². The maximum absolute atomic E-state index is 13.0. The van der Waals surface area contributed by atoms with Crippen molar-refractivity contribution in [2.45, 2.75) is 77.5 Å². The van der Waals surface area contributed by atoms with Crippen LogP contribution in [0.15, 0.2) is 0 Å². The SMILES string of the molecule is CC1(C)CC(C(=O)C(C)(C)N2CCCC2)C(C)(C)O1. The minimum absolute atomic E-state index is 0.00176. The van der Waals surface area contributed by atoms with Crippen molar-refractivity contribution >= 4 is 5.78 Å². The number of ketones is 1. The van der Waals surface area contributed by atoms with Crippen LogP contribution in [0.25, 0.3) is 0 Å². The maximum Gasteiger partial charge on any atom is 0.158 e. The fraction of sp³-hybridized carbons (Fsp3) is 0.938. The predicted octanol–water partition coefficient (Wildman–Crippen LogP) is 3.02. The molecule has 0 aromatic carbocycles. The van der Waals surface area contributed by atoms with E-state index in [2.05, 4.69) is 46.4 Å². The van der Waals surface area contributed by atoms with Gasteiger partial charge < -0.3 is 4.74 Å². The minimum atomic E-state index is -0.359. The molecule has 3 nitrogen and oxygen atoms in total. The van der Waals surface area contributed by atoms with Gasteiger partial charge in [-0.05, 0) is 73.9 Å². The molecule has 0 amide bonds. The molecule has 2 aliphatic heterocycles. The Morgan fingerprint density at radius 2 is 1.68 bits per heavy atom. The number of rotatable bonds is 3. The van der Waals surface area contributed by atoms with Crippen molar-refractivity contribution in [2.24, 2.45) is 5.92 Å². The van der Waals surface area contributed by atoms with Crippen LogP contribution in [0, 0.1) is 5.92 Å². The van der Waals surface area contributed by atoms with Crippen LogP contribution in [-0.2, 0) is 9.53 Å². The van der Waals surface area contributed by atoms with Crippen LogP contribution in [0.2, 0.25) is 0 Å². The Balaban J connectivity index is 2.19. The Labute approximate surface area is 117 Å². The van der Waals surface area contributed by atoms with Gasteiger partial charge in [-0.15, -0.1) is 0 Å². The average molecular weight is 267 g/mol. The largest absolute Gasteiger partial charge is 0.369 e. The van der Waals surface area contributed by atoms with E-state index in [0.29, 0.717) is 5.78 Å². The summed E-state index contributed by atoms with van der Waals surface area (Å²) in [5.41, 5.74) is -0.898. The first-order valence-electron chi connectivity index (χ1n) is 7.56. The molecule has 0 aliphatic carbocycles. The second-order valence-corrected chi connectivity index (χ2v) is 7.84. The molecule has 0 aromatic heterocycles. The van der Waals surface area contributed by atoms with E-state index in [-0.39, 0.29) is 22.7 Å². The van der Waals surface area contributed by atoms with Gasteiger partial charge in [0.2, 0.25) is 0 Å². The zero-order valence-electron chi connectivity index (χ0n) is 13.4. The molecule has 0 bridgehead atoms. The number of carbonyl (C=O) groups excluding carboxylic acids is 1. The number of carbonyl (C=O) groups is 1. The van der Waals surface area contributed by atoms with Gasteiger partial charge in [-0.25, -0.2) is 0 Å². The quantitative estimate of drug-likeness (QED) is 0.787. The van der Waals surface area contributed by atoms with Gasteiger partial charge in [0, 0.05) is 0 Å². The monoisotopic (exact) mass is 267 g/mol. The highest BCUT2D eigenvalue weighted by atomic mass is 16.5. The smallest absolute Gasteiger partial charge is 0.158 e. The van der Waals surface area contributed by atoms with E-state index in [1.165, 1.54) is 12.8 Å². The van der Waals surface area contributed by atoms with E-state index < -0.39 is 0 Å². The van der Waals surface area contributed by atoms with Crippen molar-refractivity contribution in [1.29, 1.82) is 0 Å². The first-order valence-corrected chi connectivity index (χ1v) is 7.56. The first-order chi connectivity index (χ1) is 8.56. The van der Waals surface area contributed by atoms with Crippen molar-refractivity contribution in [2.75, 3.05) is 13.1 Å². The molecule has 19 heavy (non-hydrogen) atoms. The summed E-state index contributed by atoms with van der Waals surface area (Å²) in [6.45, 7) is 14.6. The Bertz CT molecular complexity index is 365. The molecule has 3 heteroatoms.